The van der Waals surface area contributed by atoms with Gasteiger partial charge in [0.25, 0.3) is 0 Å². The summed E-state index contributed by atoms with van der Waals surface area (Å²) in [7, 11) is 1.90. The van der Waals surface area contributed by atoms with Gasteiger partial charge in [-0.15, -0.1) is 11.3 Å². The van der Waals surface area contributed by atoms with Crippen LogP contribution in [0.2, 0.25) is 0 Å². The lowest BCUT2D eigenvalue weighted by Crippen LogP contribution is -2.58. The zero-order chi connectivity index (χ0) is 28.8. The normalized spacial score (nSPS) is 24.8. The Morgan fingerprint density at radius 1 is 0.927 bits per heavy atom. The topological polar surface area (TPSA) is 25.1 Å². The van der Waals surface area contributed by atoms with Crippen LogP contribution in [0.15, 0.2) is 54.6 Å². The van der Waals surface area contributed by atoms with Crippen LogP contribution in [-0.2, 0) is 15.7 Å². The van der Waals surface area contributed by atoms with Crippen LogP contribution in [0.4, 0.5) is 0 Å². The SMILES string of the molecule is COC1(NC(C)C)C2c3ccc4c(c3-c3cc(C)c5c(C)cc(C)cc5[n+]3C21C)-c1sc2ccccc2c1C4(C)C. The molecular formula is C37H39N2OS+. The van der Waals surface area contributed by atoms with Crippen LogP contribution in [0.5, 0.6) is 0 Å². The van der Waals surface area contributed by atoms with E-state index in [1.165, 1.54) is 76.1 Å². The van der Waals surface area contributed by atoms with E-state index >= 15 is 0 Å². The molecule has 2 aliphatic carbocycles. The first-order valence-electron chi connectivity index (χ1n) is 15.0. The number of aromatic nitrogens is 1. The second kappa shape index (κ2) is 7.86. The van der Waals surface area contributed by atoms with Gasteiger partial charge in [0.05, 0.1) is 10.9 Å². The van der Waals surface area contributed by atoms with Crippen LogP contribution in [0.3, 0.4) is 0 Å². The molecule has 0 saturated heterocycles. The number of rotatable bonds is 3. The number of nitrogens with one attached hydrogen (secondary N) is 1. The van der Waals surface area contributed by atoms with Crippen molar-refractivity contribution in [2.24, 2.45) is 0 Å². The molecule has 0 bridgehead atoms. The zero-order valence-corrected chi connectivity index (χ0v) is 26.4. The highest BCUT2D eigenvalue weighted by Crippen LogP contribution is 2.70. The molecule has 1 aliphatic heterocycles. The third-order valence-corrected chi connectivity index (χ3v) is 11.7. The Hall–Kier alpha value is -3.05. The number of aryl methyl sites for hydroxylation is 3. The summed E-state index contributed by atoms with van der Waals surface area (Å²) < 4.78 is 10.7. The molecule has 3 unspecified atom stereocenters. The van der Waals surface area contributed by atoms with Gasteiger partial charge in [-0.1, -0.05) is 50.2 Å². The van der Waals surface area contributed by atoms with Crippen molar-refractivity contribution >= 4 is 32.3 Å². The number of methoxy groups -OCH3 is 1. The monoisotopic (exact) mass is 559 g/mol. The zero-order valence-electron chi connectivity index (χ0n) is 25.6. The maximum Gasteiger partial charge on any atom is 0.220 e. The van der Waals surface area contributed by atoms with Crippen molar-refractivity contribution < 1.29 is 9.30 Å². The van der Waals surface area contributed by atoms with E-state index < -0.39 is 5.72 Å². The van der Waals surface area contributed by atoms with Crippen molar-refractivity contribution in [1.29, 1.82) is 0 Å². The number of thiophene rings is 1. The van der Waals surface area contributed by atoms with E-state index in [1.54, 1.807) is 0 Å². The van der Waals surface area contributed by atoms with Crippen LogP contribution < -0.4 is 9.88 Å². The van der Waals surface area contributed by atoms with Gasteiger partial charge in [0.15, 0.2) is 5.72 Å². The van der Waals surface area contributed by atoms with Gasteiger partial charge in [0.1, 0.15) is 5.92 Å². The largest absolute Gasteiger partial charge is 0.356 e. The molecule has 4 heteroatoms. The van der Waals surface area contributed by atoms with Gasteiger partial charge >= 0.3 is 0 Å². The number of fused-ring (bicyclic) bond motifs is 14. The fourth-order valence-electron chi connectivity index (χ4n) is 9.09. The Labute approximate surface area is 247 Å². The maximum atomic E-state index is 6.61. The number of benzene rings is 3. The number of hydrogen-bond donors (Lipinski definition) is 1. The molecule has 1 saturated carbocycles. The summed E-state index contributed by atoms with van der Waals surface area (Å²) in [6.45, 7) is 18.5. The van der Waals surface area contributed by atoms with E-state index in [4.69, 9.17) is 4.74 Å². The molecule has 1 N–H and O–H groups in total. The van der Waals surface area contributed by atoms with Gasteiger partial charge in [-0.3, -0.25) is 5.32 Å². The average Bonchev–Trinajstić information content (AvgIpc) is 3.14. The summed E-state index contributed by atoms with van der Waals surface area (Å²) in [6.07, 6.45) is 0. The number of nitrogens with zero attached hydrogens (tertiary/aromatic N) is 1. The summed E-state index contributed by atoms with van der Waals surface area (Å²) in [5.74, 6) is 0.188. The predicted octanol–water partition coefficient (Wildman–Crippen LogP) is 8.41. The first-order valence-corrected chi connectivity index (χ1v) is 15.8. The second-order valence-corrected chi connectivity index (χ2v) is 14.8. The minimum Gasteiger partial charge on any atom is -0.356 e. The van der Waals surface area contributed by atoms with Crippen molar-refractivity contribution in [3.63, 3.8) is 0 Å². The van der Waals surface area contributed by atoms with Crippen molar-refractivity contribution in [3.05, 3.63) is 88.0 Å². The van der Waals surface area contributed by atoms with Crippen molar-refractivity contribution in [2.45, 2.75) is 84.0 Å². The van der Waals surface area contributed by atoms with Crippen LogP contribution in [-0.4, -0.2) is 18.9 Å². The molecule has 3 heterocycles. The van der Waals surface area contributed by atoms with Gasteiger partial charge in [-0.25, -0.2) is 0 Å². The molecule has 1 fully saturated rings. The van der Waals surface area contributed by atoms with Crippen molar-refractivity contribution in [1.82, 2.24) is 5.32 Å². The van der Waals surface area contributed by atoms with Crippen molar-refractivity contribution in [2.75, 3.05) is 7.11 Å². The van der Waals surface area contributed by atoms with Gasteiger partial charge in [-0.2, -0.15) is 4.57 Å². The molecule has 0 radical (unpaired) electrons. The van der Waals surface area contributed by atoms with E-state index in [9.17, 15) is 0 Å². The van der Waals surface area contributed by atoms with Crippen LogP contribution >= 0.6 is 11.3 Å². The highest BCUT2D eigenvalue weighted by atomic mass is 32.1. The molecule has 3 aromatic carbocycles. The fraction of sp³-hybridized carbons (Fsp3) is 0.378. The summed E-state index contributed by atoms with van der Waals surface area (Å²) >= 11 is 1.97. The van der Waals surface area contributed by atoms with E-state index in [-0.39, 0.29) is 22.9 Å². The smallest absolute Gasteiger partial charge is 0.220 e. The molecule has 5 aromatic rings. The molecule has 3 atom stereocenters. The van der Waals surface area contributed by atoms with Gasteiger partial charge in [0, 0.05) is 52.8 Å². The standard InChI is InChI=1S/C37H39N2OS/c1-19(2)38-37(40-9)34-24-14-15-25-31(33-32(35(25,6)7)23-12-10-11-13-28(23)41-33)30(24)27-18-22(5)29-21(4)16-20(3)17-26(29)39(27)36(34,37)8/h10-19,34,38H,1-9H3/q+1. The molecular weight excluding hydrogens is 520 g/mol. The summed E-state index contributed by atoms with van der Waals surface area (Å²) in [6, 6.07) is 21.3. The predicted molar refractivity (Wildman–Crippen MR) is 171 cm³/mol. The third-order valence-electron chi connectivity index (χ3n) is 10.5. The van der Waals surface area contributed by atoms with E-state index in [0.29, 0.717) is 0 Å². The first kappa shape index (κ1) is 25.6. The van der Waals surface area contributed by atoms with Gasteiger partial charge in [-0.05, 0) is 79.5 Å². The Morgan fingerprint density at radius 3 is 2.39 bits per heavy atom. The Kier molecular flexibility index (Phi) is 4.92. The van der Waals surface area contributed by atoms with Crippen LogP contribution in [0, 0.1) is 20.8 Å². The highest BCUT2D eigenvalue weighted by Gasteiger charge is 2.86. The molecule has 3 nitrogen and oxygen atoms in total. The third kappa shape index (κ3) is 2.85. The maximum absolute atomic E-state index is 6.61. The summed E-state index contributed by atoms with van der Waals surface area (Å²) in [5.41, 5.74) is 12.9. The molecule has 8 rings (SSSR count). The lowest BCUT2D eigenvalue weighted by molar-refractivity contribution is -0.712. The Balaban J connectivity index is 1.57. The highest BCUT2D eigenvalue weighted by molar-refractivity contribution is 7.22. The van der Waals surface area contributed by atoms with Gasteiger partial charge < -0.3 is 4.74 Å². The van der Waals surface area contributed by atoms with E-state index in [0.717, 1.165) is 0 Å². The van der Waals surface area contributed by atoms with Gasteiger partial charge in [0.2, 0.25) is 16.7 Å². The Bertz CT molecular complexity index is 1980. The number of pyridine rings is 1. The molecule has 0 spiro atoms. The lowest BCUT2D eigenvalue weighted by Gasteiger charge is -2.26. The minimum absolute atomic E-state index is 0.0674. The van der Waals surface area contributed by atoms with Crippen LogP contribution in [0.1, 0.15) is 73.9 Å². The van der Waals surface area contributed by atoms with E-state index in [1.807, 2.05) is 18.4 Å². The summed E-state index contributed by atoms with van der Waals surface area (Å²) in [4.78, 5) is 1.44. The molecule has 0 amide bonds. The van der Waals surface area contributed by atoms with E-state index in [2.05, 4.69) is 120 Å². The quantitative estimate of drug-likeness (QED) is 0.177. The molecule has 208 valence electrons. The number of hydrogen-bond acceptors (Lipinski definition) is 3. The lowest BCUT2D eigenvalue weighted by atomic mass is 9.79. The second-order valence-electron chi connectivity index (χ2n) is 13.7. The summed E-state index contributed by atoms with van der Waals surface area (Å²) in [5, 5.41) is 6.70. The van der Waals surface area contributed by atoms with Crippen LogP contribution in [0.25, 0.3) is 42.7 Å². The Morgan fingerprint density at radius 2 is 1.66 bits per heavy atom. The average molecular weight is 560 g/mol. The number of ether oxygens (including phenoxy) is 1. The molecule has 2 aromatic heterocycles. The molecule has 41 heavy (non-hydrogen) atoms. The molecule has 3 aliphatic rings. The first-order chi connectivity index (χ1) is 19.5. The fourth-order valence-corrected chi connectivity index (χ4v) is 10.5. The van der Waals surface area contributed by atoms with Crippen molar-refractivity contribution in [3.8, 4) is 21.7 Å². The minimum atomic E-state index is -0.503.